The quantitative estimate of drug-likeness (QED) is 0.324. The molecule has 0 rings (SSSR count). The van der Waals surface area contributed by atoms with Crippen molar-refractivity contribution in [2.45, 2.75) is 6.92 Å². The minimum absolute atomic E-state index is 0. The maximum atomic E-state index is 8.89. The molecule has 0 amide bonds. The van der Waals surface area contributed by atoms with Gasteiger partial charge in [-0.3, -0.25) is 0 Å². The summed E-state index contributed by atoms with van der Waals surface area (Å²) < 4.78 is 1.94. The molecule has 0 aliphatic carbocycles. The van der Waals surface area contributed by atoms with Gasteiger partial charge in [-0.05, 0) is 6.92 Å². The summed E-state index contributed by atoms with van der Waals surface area (Å²) >= 11 is 0.410. The van der Waals surface area contributed by atoms with Gasteiger partial charge in [0.2, 0.25) is 0 Å². The van der Waals surface area contributed by atoms with Crippen molar-refractivity contribution in [3.8, 4) is 0.164 Å². The van der Waals surface area contributed by atoms with Crippen LogP contribution in [0, 0.1) is 5.43 Å². The minimum Gasteiger partial charge on any atom is 1.00 e. The molecular weight excluding hydrogens is 144 g/mol. The first-order chi connectivity index (χ1) is 3.15. The topological polar surface area (TPSA) is 63.9 Å². The van der Waals surface area contributed by atoms with E-state index in [9.17, 15) is 0 Å². The summed E-state index contributed by atoms with van der Waals surface area (Å²) in [6.45, 7) is 0.972. The molecule has 0 aliphatic rings. The maximum Gasteiger partial charge on any atom is 1.00 e. The summed E-state index contributed by atoms with van der Waals surface area (Å²) in [4.78, 5) is 8.89. The van der Waals surface area contributed by atoms with Crippen LogP contribution in [0.5, 0.6) is 0 Å². The Morgan fingerprint density at radius 1 is 1.88 bits per heavy atom. The van der Waals surface area contributed by atoms with E-state index in [0.29, 0.717) is 49.0 Å². The van der Waals surface area contributed by atoms with Crippen LogP contribution in [-0.2, 0) is 4.79 Å². The van der Waals surface area contributed by atoms with Gasteiger partial charge in [0.1, 0.15) is 0 Å². The smallest absolute Gasteiger partial charge is 1.00 e. The zero-order valence-corrected chi connectivity index (χ0v) is 10.4. The summed E-state index contributed by atoms with van der Waals surface area (Å²) in [5, 5.41) is 16.3. The molecule has 0 aliphatic heterocycles. The van der Waals surface area contributed by atoms with E-state index in [2.05, 4.69) is 0 Å². The molecule has 0 bridgehead atoms. The van der Waals surface area contributed by atoms with Crippen molar-refractivity contribution in [2.75, 3.05) is 0 Å². The van der Waals surface area contributed by atoms with Crippen LogP contribution in [0.25, 0.3) is 0 Å². The van der Waals surface area contributed by atoms with Crippen LogP contribution in [0.4, 0.5) is 0 Å². The summed E-state index contributed by atoms with van der Waals surface area (Å²) in [6, 6.07) is 0. The number of carboxylic acids is 1. The molecule has 0 N–H and O–H groups in total. The monoisotopic (exact) mass is 147 g/mol. The van der Waals surface area contributed by atoms with E-state index in [1.165, 1.54) is 0 Å². The van der Waals surface area contributed by atoms with Gasteiger partial charge in [-0.15, -0.1) is 0 Å². The molecule has 0 heterocycles. The van der Waals surface area contributed by atoms with Gasteiger partial charge < -0.3 is 9.90 Å². The van der Waals surface area contributed by atoms with Crippen molar-refractivity contribution in [3.05, 3.63) is 0 Å². The van der Waals surface area contributed by atoms with E-state index >= 15 is 0 Å². The third-order valence-electron chi connectivity index (χ3n) is 0. The van der Waals surface area contributed by atoms with Gasteiger partial charge in [-0.2, -0.15) is 0 Å². The standard InChI is InChI=1S/C2H4O2.CN.K.Na/c1-2(3)4;1-2;;/h1H3,(H,3,4);;;/q;;;+1/p-1. The van der Waals surface area contributed by atoms with Crippen LogP contribution in [0.15, 0.2) is 0 Å². The van der Waals surface area contributed by atoms with Crippen molar-refractivity contribution in [2.24, 2.45) is 0 Å². The molecule has 0 fully saturated rings. The van der Waals surface area contributed by atoms with Gasteiger partial charge in [-0.1, -0.05) is 0 Å². The fraction of sp³-hybridized carbons (Fsp3) is 0.333. The average Bonchev–Trinajstić information content (AvgIpc) is 1.33. The van der Waals surface area contributed by atoms with Crippen LogP contribution >= 0.6 is 0 Å². The summed E-state index contributed by atoms with van der Waals surface area (Å²) in [7, 11) is 0. The number of hydrogen-bond acceptors (Lipinski definition) is 3. The number of hydrogen-bond donors (Lipinski definition) is 0. The molecule has 0 atom stereocenters. The largest absolute Gasteiger partial charge is 1.00 e. The van der Waals surface area contributed by atoms with Crippen LogP contribution in [-0.4, -0.2) is 54.9 Å². The van der Waals surface area contributed by atoms with Gasteiger partial charge in [0.05, 0.1) is 0 Å². The van der Waals surface area contributed by atoms with E-state index in [1.807, 2.05) is 0.164 Å². The molecule has 0 spiro atoms. The number of aliphatic carboxylic acids is 1. The van der Waals surface area contributed by atoms with E-state index < -0.39 is 5.97 Å². The molecule has 0 aromatic rings. The minimum atomic E-state index is -1.08. The van der Waals surface area contributed by atoms with Crippen LogP contribution in [0.1, 0.15) is 6.92 Å². The van der Waals surface area contributed by atoms with E-state index in [4.69, 9.17) is 15.2 Å². The number of carbonyl (C=O) groups is 1. The molecule has 0 aromatic carbocycles. The normalized spacial score (nSPS) is 4.25. The first kappa shape index (κ1) is 16.3. The first-order valence-corrected chi connectivity index (χ1v) is 3.19. The molecule has 0 aromatic heterocycles. The molecule has 5 heteroatoms. The Bertz CT molecular complexity index is 85.8. The van der Waals surface area contributed by atoms with Crippen LogP contribution in [0.2, 0.25) is 0 Å². The Hall–Kier alpha value is 1.60. The van der Waals surface area contributed by atoms with Crippen molar-refractivity contribution < 1.29 is 39.5 Å². The molecule has 8 heavy (non-hydrogen) atoms. The first-order valence-electron chi connectivity index (χ1n) is 1.63. The SMILES string of the molecule is CC(=O)[O-].N#[C][K].[Na+]. The number of rotatable bonds is 0. The second kappa shape index (κ2) is 15.8. The van der Waals surface area contributed by atoms with Crippen molar-refractivity contribution >= 4 is 54.9 Å². The van der Waals surface area contributed by atoms with Gasteiger partial charge >= 0.3 is 83.9 Å². The zero-order valence-electron chi connectivity index (χ0n) is 5.26. The van der Waals surface area contributed by atoms with Crippen molar-refractivity contribution in [1.29, 1.82) is 5.26 Å². The molecule has 0 radical (unpaired) electrons. The van der Waals surface area contributed by atoms with E-state index in [1.54, 1.807) is 0 Å². The van der Waals surface area contributed by atoms with Crippen molar-refractivity contribution in [1.82, 2.24) is 0 Å². The Kier molecular flexibility index (Phi) is 32.3. The fourth-order valence-electron chi connectivity index (χ4n) is 0. The molecule has 0 saturated carbocycles. The Morgan fingerprint density at radius 2 is 1.88 bits per heavy atom. The molecular formula is C3H3KNNaO2. The summed E-state index contributed by atoms with van der Waals surface area (Å²) in [5.41, 5.74) is 0. The Balaban J connectivity index is -0.0000000575. The third-order valence-corrected chi connectivity index (χ3v) is 0. The Labute approximate surface area is 104 Å². The van der Waals surface area contributed by atoms with E-state index in [-0.39, 0.29) is 29.6 Å². The summed E-state index contributed by atoms with van der Waals surface area (Å²) in [6.07, 6.45) is 0. The van der Waals surface area contributed by atoms with Gasteiger partial charge in [0.25, 0.3) is 0 Å². The fourth-order valence-corrected chi connectivity index (χ4v) is 0. The Morgan fingerprint density at radius 3 is 1.88 bits per heavy atom. The third kappa shape index (κ3) is 130. The molecule has 3 nitrogen and oxygen atoms in total. The molecule has 0 saturated heterocycles. The van der Waals surface area contributed by atoms with Gasteiger partial charge in [-0.25, -0.2) is 0 Å². The average molecular weight is 147 g/mol. The van der Waals surface area contributed by atoms with Gasteiger partial charge in [0, 0.05) is 5.97 Å². The maximum absolute atomic E-state index is 8.89. The number of carbonyl (C=O) groups excluding carboxylic acids is 1. The second-order valence-electron chi connectivity index (χ2n) is 0.715. The molecule has 0 unspecified atom stereocenters. The van der Waals surface area contributed by atoms with Crippen LogP contribution < -0.4 is 34.7 Å². The van der Waals surface area contributed by atoms with Crippen LogP contribution in [0.3, 0.4) is 0 Å². The van der Waals surface area contributed by atoms with Crippen molar-refractivity contribution in [3.63, 3.8) is 0 Å². The predicted molar refractivity (Wildman–Crippen MR) is 22.0 cm³/mol. The number of nitriles is 1. The molecule has 34 valence electrons. The van der Waals surface area contributed by atoms with Gasteiger partial charge in [0.15, 0.2) is 0 Å². The number of nitrogens with zero attached hydrogens (tertiary/aromatic N) is 1. The number of carboxylic acid groups (broad SMARTS) is 1. The zero-order chi connectivity index (χ0) is 6.28. The second-order valence-corrected chi connectivity index (χ2v) is 1.41. The van der Waals surface area contributed by atoms with E-state index in [0.717, 1.165) is 6.92 Å². The summed E-state index contributed by atoms with van der Waals surface area (Å²) in [5.74, 6) is -1.08. The predicted octanol–water partition coefficient (Wildman–Crippen LogP) is -4.60.